The molecule has 1 aliphatic carbocycles. The van der Waals surface area contributed by atoms with Gasteiger partial charge in [0.15, 0.2) is 0 Å². The third-order valence-corrected chi connectivity index (χ3v) is 2.63. The summed E-state index contributed by atoms with van der Waals surface area (Å²) in [5.41, 5.74) is 5.99. The number of rotatable bonds is 3. The summed E-state index contributed by atoms with van der Waals surface area (Å²) in [7, 11) is 0. The molecule has 1 nitrogen and oxygen atoms in total. The van der Waals surface area contributed by atoms with Crippen LogP contribution in [0.5, 0.6) is 0 Å². The fourth-order valence-corrected chi connectivity index (χ4v) is 1.95. The molecule has 1 aliphatic rings. The maximum Gasteiger partial charge on any atom is 0.00670 e. The first kappa shape index (κ1) is 8.06. The zero-order valence-electron chi connectivity index (χ0n) is 6.97. The van der Waals surface area contributed by atoms with Crippen molar-refractivity contribution in [1.29, 1.82) is 0 Å². The van der Waals surface area contributed by atoms with Crippen molar-refractivity contribution < 1.29 is 0 Å². The fraction of sp³-hybridized carbons (Fsp3) is 1.00. The Kier molecular flexibility index (Phi) is 3.20. The molecule has 0 amide bonds. The van der Waals surface area contributed by atoms with Crippen molar-refractivity contribution in [3.05, 3.63) is 0 Å². The Morgan fingerprint density at radius 1 is 1.40 bits per heavy atom. The molecule has 1 fully saturated rings. The lowest BCUT2D eigenvalue weighted by molar-refractivity contribution is 0.407. The van der Waals surface area contributed by atoms with Gasteiger partial charge in [-0.05, 0) is 25.2 Å². The first-order valence-corrected chi connectivity index (χ1v) is 4.60. The van der Waals surface area contributed by atoms with Crippen molar-refractivity contribution in [3.63, 3.8) is 0 Å². The molecule has 2 N–H and O–H groups in total. The molecule has 0 aliphatic heterocycles. The van der Waals surface area contributed by atoms with Crippen molar-refractivity contribution in [1.82, 2.24) is 0 Å². The van der Waals surface area contributed by atoms with E-state index in [1.807, 2.05) is 0 Å². The molecule has 0 bridgehead atoms. The molecular formula is C9H19N. The summed E-state index contributed by atoms with van der Waals surface area (Å²) in [4.78, 5) is 0. The van der Waals surface area contributed by atoms with E-state index >= 15 is 0 Å². The van der Waals surface area contributed by atoms with Crippen LogP contribution in [-0.4, -0.2) is 6.04 Å². The van der Waals surface area contributed by atoms with E-state index in [-0.39, 0.29) is 0 Å². The Hall–Kier alpha value is -0.0400. The third kappa shape index (κ3) is 1.98. The molecule has 1 rings (SSSR count). The van der Waals surface area contributed by atoms with E-state index in [9.17, 15) is 0 Å². The molecule has 60 valence electrons. The standard InChI is InChI=1S/C9H19N/c1-2-5-9(10)8-6-3-4-7-8/h8-9H,2-7,10H2,1H3. The highest BCUT2D eigenvalue weighted by Gasteiger charge is 2.20. The normalized spacial score (nSPS) is 23.4. The van der Waals surface area contributed by atoms with Gasteiger partial charge in [0.1, 0.15) is 0 Å². The third-order valence-electron chi connectivity index (χ3n) is 2.63. The minimum Gasteiger partial charge on any atom is -0.327 e. The summed E-state index contributed by atoms with van der Waals surface area (Å²) in [5, 5.41) is 0. The van der Waals surface area contributed by atoms with Gasteiger partial charge >= 0.3 is 0 Å². The first-order chi connectivity index (χ1) is 4.84. The minimum atomic E-state index is 0.507. The van der Waals surface area contributed by atoms with Gasteiger partial charge in [-0.25, -0.2) is 0 Å². The van der Waals surface area contributed by atoms with Crippen LogP contribution < -0.4 is 5.73 Å². The number of hydrogen-bond donors (Lipinski definition) is 1. The molecule has 10 heavy (non-hydrogen) atoms. The van der Waals surface area contributed by atoms with Crippen molar-refractivity contribution in [2.75, 3.05) is 0 Å². The summed E-state index contributed by atoms with van der Waals surface area (Å²) < 4.78 is 0. The molecule has 0 saturated heterocycles. The predicted octanol–water partition coefficient (Wildman–Crippen LogP) is 2.30. The molecule has 0 radical (unpaired) electrons. The van der Waals surface area contributed by atoms with Gasteiger partial charge < -0.3 is 5.73 Å². The van der Waals surface area contributed by atoms with E-state index in [4.69, 9.17) is 5.73 Å². The van der Waals surface area contributed by atoms with Gasteiger partial charge in [-0.3, -0.25) is 0 Å². The van der Waals surface area contributed by atoms with Crippen LogP contribution in [0.1, 0.15) is 45.4 Å². The van der Waals surface area contributed by atoms with Crippen LogP contribution in [0, 0.1) is 5.92 Å². The van der Waals surface area contributed by atoms with E-state index in [2.05, 4.69) is 6.92 Å². The van der Waals surface area contributed by atoms with Crippen LogP contribution >= 0.6 is 0 Å². The molecule has 0 aromatic rings. The summed E-state index contributed by atoms with van der Waals surface area (Å²) in [6, 6.07) is 0.507. The maximum absolute atomic E-state index is 5.99. The summed E-state index contributed by atoms with van der Waals surface area (Å²) in [6.45, 7) is 2.22. The molecule has 0 aromatic carbocycles. The fourth-order valence-electron chi connectivity index (χ4n) is 1.95. The van der Waals surface area contributed by atoms with E-state index in [1.54, 1.807) is 0 Å². The molecule has 0 heterocycles. The molecule has 0 aromatic heterocycles. The second kappa shape index (κ2) is 3.97. The van der Waals surface area contributed by atoms with Crippen molar-refractivity contribution in [2.24, 2.45) is 11.7 Å². The monoisotopic (exact) mass is 141 g/mol. The lowest BCUT2D eigenvalue weighted by atomic mass is 9.95. The molecule has 1 saturated carbocycles. The molecule has 1 heteroatoms. The number of hydrogen-bond acceptors (Lipinski definition) is 1. The van der Waals surface area contributed by atoms with Crippen molar-refractivity contribution in [3.8, 4) is 0 Å². The first-order valence-electron chi connectivity index (χ1n) is 4.60. The van der Waals surface area contributed by atoms with Crippen LogP contribution in [0.15, 0.2) is 0 Å². The van der Waals surface area contributed by atoms with Gasteiger partial charge in [0, 0.05) is 6.04 Å². The highest BCUT2D eigenvalue weighted by molar-refractivity contribution is 4.77. The zero-order valence-corrected chi connectivity index (χ0v) is 6.97. The SMILES string of the molecule is CCCC(N)C1CCCC1. The summed E-state index contributed by atoms with van der Waals surface area (Å²) >= 11 is 0. The summed E-state index contributed by atoms with van der Waals surface area (Å²) in [5.74, 6) is 0.861. The average molecular weight is 141 g/mol. The highest BCUT2D eigenvalue weighted by Crippen LogP contribution is 2.28. The average Bonchev–Trinajstić information content (AvgIpc) is 2.38. The van der Waals surface area contributed by atoms with Crippen LogP contribution in [-0.2, 0) is 0 Å². The van der Waals surface area contributed by atoms with Gasteiger partial charge in [-0.15, -0.1) is 0 Å². The van der Waals surface area contributed by atoms with Crippen molar-refractivity contribution in [2.45, 2.75) is 51.5 Å². The zero-order chi connectivity index (χ0) is 7.40. The second-order valence-electron chi connectivity index (χ2n) is 3.50. The molecular weight excluding hydrogens is 122 g/mol. The van der Waals surface area contributed by atoms with Crippen LogP contribution in [0.4, 0.5) is 0 Å². The molecule has 0 spiro atoms. The predicted molar refractivity (Wildman–Crippen MR) is 44.8 cm³/mol. The molecule has 1 atom stereocenters. The van der Waals surface area contributed by atoms with E-state index < -0.39 is 0 Å². The van der Waals surface area contributed by atoms with E-state index in [0.717, 1.165) is 5.92 Å². The van der Waals surface area contributed by atoms with Crippen molar-refractivity contribution >= 4 is 0 Å². The smallest absolute Gasteiger partial charge is 0.00670 e. The Bertz CT molecular complexity index is 84.7. The van der Waals surface area contributed by atoms with E-state index in [1.165, 1.54) is 38.5 Å². The lowest BCUT2D eigenvalue weighted by Gasteiger charge is -2.17. The topological polar surface area (TPSA) is 26.0 Å². The largest absolute Gasteiger partial charge is 0.327 e. The van der Waals surface area contributed by atoms with Gasteiger partial charge in [0.05, 0.1) is 0 Å². The Morgan fingerprint density at radius 3 is 2.50 bits per heavy atom. The van der Waals surface area contributed by atoms with Crippen LogP contribution in [0.3, 0.4) is 0 Å². The Balaban J connectivity index is 2.18. The van der Waals surface area contributed by atoms with Gasteiger partial charge in [-0.2, -0.15) is 0 Å². The van der Waals surface area contributed by atoms with Gasteiger partial charge in [0.25, 0.3) is 0 Å². The second-order valence-corrected chi connectivity index (χ2v) is 3.50. The van der Waals surface area contributed by atoms with Gasteiger partial charge in [-0.1, -0.05) is 26.2 Å². The lowest BCUT2D eigenvalue weighted by Crippen LogP contribution is -2.27. The number of nitrogens with two attached hydrogens (primary N) is 1. The quantitative estimate of drug-likeness (QED) is 0.641. The van der Waals surface area contributed by atoms with Crippen LogP contribution in [0.25, 0.3) is 0 Å². The maximum atomic E-state index is 5.99. The highest BCUT2D eigenvalue weighted by atomic mass is 14.6. The minimum absolute atomic E-state index is 0.507. The molecule has 1 unspecified atom stereocenters. The van der Waals surface area contributed by atoms with Crippen LogP contribution in [0.2, 0.25) is 0 Å². The van der Waals surface area contributed by atoms with Gasteiger partial charge in [0.2, 0.25) is 0 Å². The van der Waals surface area contributed by atoms with E-state index in [0.29, 0.717) is 6.04 Å². The Morgan fingerprint density at radius 2 is 2.00 bits per heavy atom. The summed E-state index contributed by atoms with van der Waals surface area (Å²) in [6.07, 6.45) is 8.09. The Labute approximate surface area is 64.0 Å².